The van der Waals surface area contributed by atoms with Crippen molar-refractivity contribution in [1.82, 2.24) is 4.90 Å². The molecule has 4 nitrogen and oxygen atoms in total. The average Bonchev–Trinajstić information content (AvgIpc) is 2.77. The van der Waals surface area contributed by atoms with Crippen LogP contribution in [-0.4, -0.2) is 44.8 Å². The van der Waals surface area contributed by atoms with E-state index in [9.17, 15) is 5.26 Å². The van der Waals surface area contributed by atoms with Gasteiger partial charge < -0.3 is 14.5 Å². The molecular formula is C25H25N3O. The first kappa shape index (κ1) is 18.2. The Balaban J connectivity index is 1.54. The van der Waals surface area contributed by atoms with Crippen LogP contribution in [0.3, 0.4) is 0 Å². The van der Waals surface area contributed by atoms with E-state index in [1.807, 2.05) is 12.1 Å². The van der Waals surface area contributed by atoms with Gasteiger partial charge in [-0.05, 0) is 52.7 Å². The topological polar surface area (TPSA) is 39.5 Å². The molecule has 0 aliphatic carbocycles. The third-order valence-corrected chi connectivity index (χ3v) is 6.24. The summed E-state index contributed by atoms with van der Waals surface area (Å²) >= 11 is 0. The quantitative estimate of drug-likeness (QED) is 0.667. The summed E-state index contributed by atoms with van der Waals surface area (Å²) in [7, 11) is 2.20. The molecule has 146 valence electrons. The predicted molar refractivity (Wildman–Crippen MR) is 116 cm³/mol. The van der Waals surface area contributed by atoms with E-state index >= 15 is 0 Å². The van der Waals surface area contributed by atoms with Crippen LogP contribution in [0.1, 0.15) is 28.2 Å². The highest BCUT2D eigenvalue weighted by atomic mass is 16.5. The van der Waals surface area contributed by atoms with Crippen LogP contribution in [-0.2, 0) is 11.3 Å². The molecule has 1 fully saturated rings. The molecule has 29 heavy (non-hydrogen) atoms. The lowest BCUT2D eigenvalue weighted by Crippen LogP contribution is -2.36. The SMILES string of the molecule is CN1Cc2cc(N3CCOCC3)ccc2C(c2ccc3c(C#N)cccc3c2)C1. The van der Waals surface area contributed by atoms with E-state index in [1.165, 1.54) is 22.4 Å². The Hall–Kier alpha value is -2.87. The van der Waals surface area contributed by atoms with Crippen molar-refractivity contribution in [2.45, 2.75) is 12.5 Å². The van der Waals surface area contributed by atoms with Gasteiger partial charge in [0.1, 0.15) is 0 Å². The van der Waals surface area contributed by atoms with E-state index in [1.54, 1.807) is 0 Å². The molecule has 2 heterocycles. The molecule has 2 aliphatic rings. The number of rotatable bonds is 2. The summed E-state index contributed by atoms with van der Waals surface area (Å²) < 4.78 is 5.51. The van der Waals surface area contributed by atoms with Crippen LogP contribution in [0.2, 0.25) is 0 Å². The summed E-state index contributed by atoms with van der Waals surface area (Å²) in [6, 6.07) is 21.8. The summed E-state index contributed by atoms with van der Waals surface area (Å²) in [6.45, 7) is 5.53. The lowest BCUT2D eigenvalue weighted by Gasteiger charge is -2.35. The van der Waals surface area contributed by atoms with Crippen LogP contribution < -0.4 is 4.90 Å². The second-order valence-corrected chi connectivity index (χ2v) is 8.13. The molecule has 0 bridgehead atoms. The number of nitriles is 1. The summed E-state index contributed by atoms with van der Waals surface area (Å²) in [5, 5.41) is 11.6. The Bertz CT molecular complexity index is 1090. The second kappa shape index (κ2) is 7.51. The number of likely N-dealkylation sites (N-methyl/N-ethyl adjacent to an activating group) is 1. The molecule has 2 aliphatic heterocycles. The molecule has 0 radical (unpaired) electrons. The summed E-state index contributed by atoms with van der Waals surface area (Å²) in [5.74, 6) is 0.345. The van der Waals surface area contributed by atoms with Gasteiger partial charge in [-0.1, -0.05) is 36.4 Å². The molecule has 3 aromatic rings. The lowest BCUT2D eigenvalue weighted by atomic mass is 9.83. The van der Waals surface area contributed by atoms with Gasteiger partial charge in [0.15, 0.2) is 0 Å². The molecule has 1 atom stereocenters. The second-order valence-electron chi connectivity index (χ2n) is 8.13. The lowest BCUT2D eigenvalue weighted by molar-refractivity contribution is 0.122. The highest BCUT2D eigenvalue weighted by molar-refractivity contribution is 5.88. The fraction of sp³-hybridized carbons (Fsp3) is 0.320. The third kappa shape index (κ3) is 3.37. The van der Waals surface area contributed by atoms with Gasteiger partial charge in [0.25, 0.3) is 0 Å². The Morgan fingerprint density at radius 3 is 2.72 bits per heavy atom. The summed E-state index contributed by atoms with van der Waals surface area (Å²) in [4.78, 5) is 4.83. The fourth-order valence-electron chi connectivity index (χ4n) is 4.75. The maximum absolute atomic E-state index is 9.38. The van der Waals surface area contributed by atoms with Gasteiger partial charge in [0.2, 0.25) is 0 Å². The number of anilines is 1. The van der Waals surface area contributed by atoms with Crippen molar-refractivity contribution in [3.05, 3.63) is 76.9 Å². The Morgan fingerprint density at radius 1 is 1.03 bits per heavy atom. The highest BCUT2D eigenvalue weighted by Crippen LogP contribution is 2.36. The van der Waals surface area contributed by atoms with E-state index in [0.29, 0.717) is 5.92 Å². The first-order valence-electron chi connectivity index (χ1n) is 10.3. The van der Waals surface area contributed by atoms with Gasteiger partial charge in [-0.15, -0.1) is 0 Å². The molecule has 0 spiro atoms. The zero-order valence-corrected chi connectivity index (χ0v) is 16.8. The van der Waals surface area contributed by atoms with E-state index in [-0.39, 0.29) is 0 Å². The van der Waals surface area contributed by atoms with Crippen molar-refractivity contribution >= 4 is 16.5 Å². The molecule has 1 saturated heterocycles. The van der Waals surface area contributed by atoms with Gasteiger partial charge >= 0.3 is 0 Å². The molecule has 1 unspecified atom stereocenters. The highest BCUT2D eigenvalue weighted by Gasteiger charge is 2.26. The standard InChI is InChI=1S/C25H25N3O/c1-27-16-21-14-22(28-9-11-29-12-10-28)6-8-24(21)25(17-27)19-5-7-23-18(13-19)3-2-4-20(23)15-26/h2-8,13-14,25H,9-12,16-17H2,1H3. The van der Waals surface area contributed by atoms with Gasteiger partial charge in [0.05, 0.1) is 24.8 Å². The number of ether oxygens (including phenoxy) is 1. The molecule has 3 aromatic carbocycles. The number of hydrogen-bond acceptors (Lipinski definition) is 4. The fourth-order valence-corrected chi connectivity index (χ4v) is 4.75. The number of morpholine rings is 1. The van der Waals surface area contributed by atoms with Gasteiger partial charge in [-0.2, -0.15) is 5.26 Å². The number of hydrogen-bond donors (Lipinski definition) is 0. The largest absolute Gasteiger partial charge is 0.378 e. The first-order chi connectivity index (χ1) is 14.2. The first-order valence-corrected chi connectivity index (χ1v) is 10.3. The Kier molecular flexibility index (Phi) is 4.71. The van der Waals surface area contributed by atoms with Crippen molar-refractivity contribution in [2.75, 3.05) is 44.8 Å². The van der Waals surface area contributed by atoms with Crippen LogP contribution in [0.4, 0.5) is 5.69 Å². The van der Waals surface area contributed by atoms with Gasteiger partial charge in [-0.3, -0.25) is 0 Å². The average molecular weight is 383 g/mol. The number of nitrogens with zero attached hydrogens (tertiary/aromatic N) is 3. The smallest absolute Gasteiger partial charge is 0.0998 e. The van der Waals surface area contributed by atoms with E-state index in [4.69, 9.17) is 4.74 Å². The monoisotopic (exact) mass is 383 g/mol. The van der Waals surface area contributed by atoms with Gasteiger partial charge in [0, 0.05) is 37.8 Å². The van der Waals surface area contributed by atoms with Crippen LogP contribution in [0.25, 0.3) is 10.8 Å². The summed E-state index contributed by atoms with van der Waals surface area (Å²) in [5.41, 5.74) is 6.21. The van der Waals surface area contributed by atoms with Crippen LogP contribution in [0, 0.1) is 11.3 Å². The van der Waals surface area contributed by atoms with Crippen molar-refractivity contribution in [1.29, 1.82) is 5.26 Å². The van der Waals surface area contributed by atoms with Crippen molar-refractivity contribution in [2.24, 2.45) is 0 Å². The Morgan fingerprint density at radius 2 is 1.90 bits per heavy atom. The predicted octanol–water partition coefficient (Wildman–Crippen LogP) is 4.13. The number of benzene rings is 3. The third-order valence-electron chi connectivity index (χ3n) is 6.24. The minimum Gasteiger partial charge on any atom is -0.378 e. The molecule has 0 N–H and O–H groups in total. The van der Waals surface area contributed by atoms with Crippen LogP contribution >= 0.6 is 0 Å². The Labute approximate surface area is 171 Å². The normalized spacial score (nSPS) is 19.7. The van der Waals surface area contributed by atoms with E-state index < -0.39 is 0 Å². The molecule has 0 aromatic heterocycles. The molecule has 5 rings (SSSR count). The van der Waals surface area contributed by atoms with Crippen molar-refractivity contribution in [3.8, 4) is 6.07 Å². The number of fused-ring (bicyclic) bond motifs is 2. The maximum Gasteiger partial charge on any atom is 0.0998 e. The van der Waals surface area contributed by atoms with Crippen molar-refractivity contribution in [3.63, 3.8) is 0 Å². The molecule has 0 amide bonds. The summed E-state index contributed by atoms with van der Waals surface area (Å²) in [6.07, 6.45) is 0. The molecule has 0 saturated carbocycles. The van der Waals surface area contributed by atoms with Gasteiger partial charge in [-0.25, -0.2) is 0 Å². The van der Waals surface area contributed by atoms with Crippen LogP contribution in [0.5, 0.6) is 0 Å². The minimum absolute atomic E-state index is 0.345. The minimum atomic E-state index is 0.345. The zero-order chi connectivity index (χ0) is 19.8. The van der Waals surface area contributed by atoms with Crippen LogP contribution in [0.15, 0.2) is 54.6 Å². The van der Waals surface area contributed by atoms with E-state index in [0.717, 1.165) is 55.7 Å². The van der Waals surface area contributed by atoms with E-state index in [2.05, 4.69) is 65.4 Å². The molecule has 4 heteroatoms. The zero-order valence-electron chi connectivity index (χ0n) is 16.8. The maximum atomic E-state index is 9.38. The van der Waals surface area contributed by atoms with Crippen molar-refractivity contribution < 1.29 is 4.74 Å². The molecular weight excluding hydrogens is 358 g/mol.